The molecule has 1 aromatic carbocycles. The lowest BCUT2D eigenvalue weighted by atomic mass is 10.3. The highest BCUT2D eigenvalue weighted by atomic mass is 19.1. The molecule has 0 unspecified atom stereocenters. The van der Waals surface area contributed by atoms with Gasteiger partial charge in [0.2, 0.25) is 0 Å². The van der Waals surface area contributed by atoms with Gasteiger partial charge in [0.25, 0.3) is 0 Å². The van der Waals surface area contributed by atoms with E-state index in [0.29, 0.717) is 5.69 Å². The molecular weight excluding hydrogens is 241 g/mol. The third-order valence-electron chi connectivity index (χ3n) is 1.82. The standard InChI is InChI=1S/C12H12FNO4/c1-2-11(15)17-7-8-18-12(16)14-10-5-3-9(13)4-6-10/h2-6H,1,7-8H2,(H,14,16). The van der Waals surface area contributed by atoms with Crippen molar-refractivity contribution in [3.63, 3.8) is 0 Å². The van der Waals surface area contributed by atoms with Gasteiger partial charge in [-0.15, -0.1) is 0 Å². The van der Waals surface area contributed by atoms with Crippen LogP contribution in [0.25, 0.3) is 0 Å². The van der Waals surface area contributed by atoms with Crippen LogP contribution in [0.1, 0.15) is 0 Å². The highest BCUT2D eigenvalue weighted by Gasteiger charge is 2.03. The summed E-state index contributed by atoms with van der Waals surface area (Å²) in [6.45, 7) is 3.08. The molecule has 1 N–H and O–H groups in total. The van der Waals surface area contributed by atoms with E-state index >= 15 is 0 Å². The molecule has 0 bridgehead atoms. The first-order valence-corrected chi connectivity index (χ1v) is 5.10. The molecule has 96 valence electrons. The molecule has 0 fully saturated rings. The molecule has 0 radical (unpaired) electrons. The van der Waals surface area contributed by atoms with E-state index < -0.39 is 17.9 Å². The summed E-state index contributed by atoms with van der Waals surface area (Å²) in [5.74, 6) is -0.984. The third kappa shape index (κ3) is 5.11. The lowest BCUT2D eigenvalue weighted by Gasteiger charge is -2.06. The first kappa shape index (κ1) is 13.7. The van der Waals surface area contributed by atoms with Crippen molar-refractivity contribution < 1.29 is 23.5 Å². The Balaban J connectivity index is 2.23. The van der Waals surface area contributed by atoms with Gasteiger partial charge in [-0.2, -0.15) is 0 Å². The number of hydrogen-bond acceptors (Lipinski definition) is 4. The molecule has 18 heavy (non-hydrogen) atoms. The molecule has 1 amide bonds. The van der Waals surface area contributed by atoms with Gasteiger partial charge in [0.1, 0.15) is 19.0 Å². The Kier molecular flexibility index (Phi) is 5.37. The van der Waals surface area contributed by atoms with Crippen LogP contribution in [0.2, 0.25) is 0 Å². The minimum atomic E-state index is -0.712. The van der Waals surface area contributed by atoms with E-state index in [1.165, 1.54) is 24.3 Å². The summed E-state index contributed by atoms with van der Waals surface area (Å²) in [6.07, 6.45) is 0.301. The van der Waals surface area contributed by atoms with Crippen LogP contribution in [-0.4, -0.2) is 25.3 Å². The monoisotopic (exact) mass is 253 g/mol. The van der Waals surface area contributed by atoms with Crippen molar-refractivity contribution in [3.8, 4) is 0 Å². The second kappa shape index (κ2) is 7.05. The van der Waals surface area contributed by atoms with Crippen molar-refractivity contribution in [2.24, 2.45) is 0 Å². The lowest BCUT2D eigenvalue weighted by molar-refractivity contribution is -0.138. The second-order valence-electron chi connectivity index (χ2n) is 3.14. The van der Waals surface area contributed by atoms with Crippen LogP contribution in [0, 0.1) is 5.82 Å². The van der Waals surface area contributed by atoms with E-state index in [2.05, 4.69) is 16.6 Å². The molecule has 0 aliphatic heterocycles. The zero-order chi connectivity index (χ0) is 13.4. The number of carbonyl (C=O) groups excluding carboxylic acids is 2. The number of ether oxygens (including phenoxy) is 2. The van der Waals surface area contributed by atoms with E-state index in [9.17, 15) is 14.0 Å². The molecule has 0 saturated heterocycles. The number of amides is 1. The van der Waals surface area contributed by atoms with Gasteiger partial charge in [0.05, 0.1) is 0 Å². The fourth-order valence-electron chi connectivity index (χ4n) is 1.02. The number of nitrogens with one attached hydrogen (secondary N) is 1. The first-order valence-electron chi connectivity index (χ1n) is 5.10. The largest absolute Gasteiger partial charge is 0.459 e. The molecule has 5 nitrogen and oxygen atoms in total. The fraction of sp³-hybridized carbons (Fsp3) is 0.167. The summed E-state index contributed by atoms with van der Waals surface area (Å²) in [5.41, 5.74) is 0.407. The van der Waals surface area contributed by atoms with Crippen molar-refractivity contribution in [2.45, 2.75) is 0 Å². The summed E-state index contributed by atoms with van der Waals surface area (Å²) < 4.78 is 21.9. The Morgan fingerprint density at radius 1 is 1.22 bits per heavy atom. The smallest absolute Gasteiger partial charge is 0.411 e. The van der Waals surface area contributed by atoms with E-state index in [4.69, 9.17) is 4.74 Å². The van der Waals surface area contributed by atoms with E-state index in [0.717, 1.165) is 6.08 Å². The average Bonchev–Trinajstić information content (AvgIpc) is 2.37. The van der Waals surface area contributed by atoms with Crippen molar-refractivity contribution in [1.29, 1.82) is 0 Å². The first-order chi connectivity index (χ1) is 8.61. The quantitative estimate of drug-likeness (QED) is 0.496. The van der Waals surface area contributed by atoms with Crippen LogP contribution < -0.4 is 5.32 Å². The lowest BCUT2D eigenvalue weighted by Crippen LogP contribution is -2.17. The fourth-order valence-corrected chi connectivity index (χ4v) is 1.02. The van der Waals surface area contributed by atoms with Gasteiger partial charge >= 0.3 is 12.1 Å². The molecule has 0 aromatic heterocycles. The molecule has 0 aliphatic rings. The van der Waals surface area contributed by atoms with Crippen LogP contribution in [0.3, 0.4) is 0 Å². The summed E-state index contributed by atoms with van der Waals surface area (Å²) in [5, 5.41) is 2.38. The zero-order valence-corrected chi connectivity index (χ0v) is 9.52. The van der Waals surface area contributed by atoms with Gasteiger partial charge < -0.3 is 9.47 Å². The van der Waals surface area contributed by atoms with Crippen LogP contribution in [0.5, 0.6) is 0 Å². The molecule has 0 spiro atoms. The molecular formula is C12H12FNO4. The van der Waals surface area contributed by atoms with Gasteiger partial charge in [0.15, 0.2) is 0 Å². The topological polar surface area (TPSA) is 64.6 Å². The molecule has 0 aliphatic carbocycles. The summed E-state index contributed by atoms with van der Waals surface area (Å²) in [6, 6.07) is 5.21. The highest BCUT2D eigenvalue weighted by molar-refractivity contribution is 5.84. The van der Waals surface area contributed by atoms with E-state index in [1.807, 2.05) is 0 Å². The molecule has 1 rings (SSSR count). The predicted molar refractivity (Wildman–Crippen MR) is 62.5 cm³/mol. The maximum atomic E-state index is 12.6. The van der Waals surface area contributed by atoms with Crippen LogP contribution >= 0.6 is 0 Å². The second-order valence-corrected chi connectivity index (χ2v) is 3.14. The Morgan fingerprint density at radius 2 is 1.83 bits per heavy atom. The van der Waals surface area contributed by atoms with E-state index in [1.54, 1.807) is 0 Å². The normalized spacial score (nSPS) is 9.39. The van der Waals surface area contributed by atoms with Gasteiger partial charge in [-0.3, -0.25) is 5.32 Å². The van der Waals surface area contributed by atoms with Gasteiger partial charge in [-0.1, -0.05) is 6.58 Å². The Bertz CT molecular complexity index is 430. The Labute approximate surface area is 103 Å². The van der Waals surface area contributed by atoms with Gasteiger partial charge in [-0.05, 0) is 24.3 Å². The minimum absolute atomic E-state index is 0.0539. The molecule has 6 heteroatoms. The van der Waals surface area contributed by atoms with Crippen molar-refractivity contribution in [1.82, 2.24) is 0 Å². The van der Waals surface area contributed by atoms with Crippen molar-refractivity contribution in [2.75, 3.05) is 18.5 Å². The molecule has 0 heterocycles. The number of anilines is 1. The zero-order valence-electron chi connectivity index (χ0n) is 9.52. The van der Waals surface area contributed by atoms with Crippen molar-refractivity contribution in [3.05, 3.63) is 42.7 Å². The van der Waals surface area contributed by atoms with Crippen LogP contribution in [0.4, 0.5) is 14.9 Å². The number of rotatable bonds is 5. The van der Waals surface area contributed by atoms with E-state index in [-0.39, 0.29) is 13.2 Å². The maximum absolute atomic E-state index is 12.6. The van der Waals surface area contributed by atoms with Gasteiger partial charge in [0, 0.05) is 11.8 Å². The summed E-state index contributed by atoms with van der Waals surface area (Å²) >= 11 is 0. The van der Waals surface area contributed by atoms with Crippen LogP contribution in [-0.2, 0) is 14.3 Å². The summed E-state index contributed by atoms with van der Waals surface area (Å²) in [7, 11) is 0. The van der Waals surface area contributed by atoms with Crippen LogP contribution in [0.15, 0.2) is 36.9 Å². The summed E-state index contributed by atoms with van der Waals surface area (Å²) in [4.78, 5) is 21.9. The SMILES string of the molecule is C=CC(=O)OCCOC(=O)Nc1ccc(F)cc1. The Morgan fingerprint density at radius 3 is 2.44 bits per heavy atom. The number of carbonyl (C=O) groups is 2. The molecule has 1 aromatic rings. The number of halogens is 1. The molecule has 0 saturated carbocycles. The third-order valence-corrected chi connectivity index (χ3v) is 1.82. The molecule has 0 atom stereocenters. The Hall–Kier alpha value is -2.37. The minimum Gasteiger partial charge on any atom is -0.459 e. The predicted octanol–water partition coefficient (Wildman–Crippen LogP) is 2.10. The maximum Gasteiger partial charge on any atom is 0.411 e. The number of hydrogen-bond donors (Lipinski definition) is 1. The highest BCUT2D eigenvalue weighted by Crippen LogP contribution is 2.08. The van der Waals surface area contributed by atoms with Crippen molar-refractivity contribution >= 4 is 17.7 Å². The average molecular weight is 253 g/mol. The number of esters is 1. The number of benzene rings is 1. The van der Waals surface area contributed by atoms with Gasteiger partial charge in [-0.25, -0.2) is 14.0 Å².